The van der Waals surface area contributed by atoms with Gasteiger partial charge in [0.25, 0.3) is 0 Å². The topological polar surface area (TPSA) is 69.6 Å². The van der Waals surface area contributed by atoms with Crippen LogP contribution in [0.1, 0.15) is 26.7 Å². The lowest BCUT2D eigenvalue weighted by molar-refractivity contribution is 0.405. The van der Waals surface area contributed by atoms with Gasteiger partial charge in [0.2, 0.25) is 0 Å². The van der Waals surface area contributed by atoms with Crippen LogP contribution in [-0.4, -0.2) is 22.9 Å². The zero-order valence-electron chi connectivity index (χ0n) is 7.08. The molecule has 68 valence electrons. The van der Waals surface area contributed by atoms with Crippen molar-refractivity contribution in [2.75, 3.05) is 13.1 Å². The van der Waals surface area contributed by atoms with Crippen LogP contribution >= 0.6 is 8.25 Å². The van der Waals surface area contributed by atoms with Gasteiger partial charge in [0, 0.05) is 4.57 Å². The predicted molar refractivity (Wildman–Crippen MR) is 45.5 cm³/mol. The molecular formula is C6H17NO3P+. The minimum absolute atomic E-state index is 1.17. The van der Waals surface area contributed by atoms with Crippen LogP contribution in [0.25, 0.3) is 0 Å². The normalized spacial score (nSPS) is 8.36. The molecule has 0 aromatic rings. The third-order valence-corrected chi connectivity index (χ3v) is 0.854. The zero-order chi connectivity index (χ0) is 9.11. The number of hydrogen-bond donors (Lipinski definition) is 3. The Kier molecular flexibility index (Phi) is 15.6. The van der Waals surface area contributed by atoms with Crippen LogP contribution in [0.3, 0.4) is 0 Å². The van der Waals surface area contributed by atoms with E-state index in [1.807, 2.05) is 0 Å². The Morgan fingerprint density at radius 2 is 1.45 bits per heavy atom. The van der Waals surface area contributed by atoms with Gasteiger partial charge in [-0.3, -0.25) is 0 Å². The molecule has 0 aromatic carbocycles. The van der Waals surface area contributed by atoms with Crippen molar-refractivity contribution in [2.24, 2.45) is 0 Å². The molecule has 0 saturated carbocycles. The molecule has 0 heterocycles. The number of hydrogen-bond acceptors (Lipinski definition) is 2. The van der Waals surface area contributed by atoms with E-state index in [0.717, 1.165) is 0 Å². The van der Waals surface area contributed by atoms with E-state index in [1.54, 1.807) is 0 Å². The summed E-state index contributed by atoms with van der Waals surface area (Å²) < 4.78 is 8.70. The van der Waals surface area contributed by atoms with Crippen LogP contribution in [0.2, 0.25) is 0 Å². The summed E-state index contributed by atoms with van der Waals surface area (Å²) in [6.45, 7) is 6.72. The van der Waals surface area contributed by atoms with E-state index in [0.29, 0.717) is 0 Å². The SMILES string of the molecule is CCCNCCC.O=[P+](O)O. The van der Waals surface area contributed by atoms with Crippen molar-refractivity contribution in [3.05, 3.63) is 0 Å². The highest BCUT2D eigenvalue weighted by molar-refractivity contribution is 7.30. The summed E-state index contributed by atoms with van der Waals surface area (Å²) in [4.78, 5) is 14.2. The molecule has 0 fully saturated rings. The minimum Gasteiger partial charge on any atom is -0.317 e. The van der Waals surface area contributed by atoms with Crippen LogP contribution in [0.5, 0.6) is 0 Å². The maximum absolute atomic E-state index is 8.70. The molecule has 0 saturated heterocycles. The first-order chi connectivity index (χ1) is 5.15. The minimum atomic E-state index is -2.87. The van der Waals surface area contributed by atoms with Gasteiger partial charge in [0.1, 0.15) is 0 Å². The summed E-state index contributed by atoms with van der Waals surface area (Å²) in [5, 5.41) is 3.28. The van der Waals surface area contributed by atoms with Gasteiger partial charge in [-0.25, -0.2) is 0 Å². The van der Waals surface area contributed by atoms with Gasteiger partial charge in [0.05, 0.1) is 0 Å². The lowest BCUT2D eigenvalue weighted by Crippen LogP contribution is -2.14. The van der Waals surface area contributed by atoms with Crippen LogP contribution < -0.4 is 5.32 Å². The highest BCUT2D eigenvalue weighted by Gasteiger charge is 1.93. The predicted octanol–water partition coefficient (Wildman–Crippen LogP) is 1.02. The molecule has 0 unspecified atom stereocenters. The Hall–Kier alpha value is -0.0200. The number of nitrogens with one attached hydrogen (secondary N) is 1. The Morgan fingerprint density at radius 3 is 1.64 bits per heavy atom. The summed E-state index contributed by atoms with van der Waals surface area (Å²) >= 11 is 0. The molecule has 0 rings (SSSR count). The first kappa shape index (κ1) is 13.6. The van der Waals surface area contributed by atoms with E-state index in [4.69, 9.17) is 14.4 Å². The van der Waals surface area contributed by atoms with Crippen molar-refractivity contribution >= 4 is 8.25 Å². The fourth-order valence-electron chi connectivity index (χ4n) is 0.479. The van der Waals surface area contributed by atoms with Gasteiger partial charge in [-0.1, -0.05) is 13.8 Å². The van der Waals surface area contributed by atoms with Gasteiger partial charge in [-0.2, -0.15) is 0 Å². The molecule has 11 heavy (non-hydrogen) atoms. The van der Waals surface area contributed by atoms with E-state index in [2.05, 4.69) is 19.2 Å². The average Bonchev–Trinajstić information content (AvgIpc) is 1.88. The highest BCUT2D eigenvalue weighted by atomic mass is 31.1. The van der Waals surface area contributed by atoms with Crippen LogP contribution in [0, 0.1) is 0 Å². The van der Waals surface area contributed by atoms with Crippen LogP contribution in [0.15, 0.2) is 0 Å². The van der Waals surface area contributed by atoms with E-state index in [9.17, 15) is 0 Å². The Bertz CT molecular complexity index is 81.9. The molecule has 0 aromatic heterocycles. The lowest BCUT2D eigenvalue weighted by Gasteiger charge is -1.95. The van der Waals surface area contributed by atoms with E-state index in [1.165, 1.54) is 25.9 Å². The van der Waals surface area contributed by atoms with Gasteiger partial charge >= 0.3 is 8.25 Å². The van der Waals surface area contributed by atoms with Gasteiger partial charge < -0.3 is 5.32 Å². The second-order valence-electron chi connectivity index (χ2n) is 2.00. The molecule has 0 aliphatic heterocycles. The molecule has 3 N–H and O–H groups in total. The maximum Gasteiger partial charge on any atom is 0.692 e. The molecule has 0 spiro atoms. The highest BCUT2D eigenvalue weighted by Crippen LogP contribution is 1.98. The smallest absolute Gasteiger partial charge is 0.317 e. The first-order valence-corrected chi connectivity index (χ1v) is 4.87. The summed E-state index contributed by atoms with van der Waals surface area (Å²) in [6.07, 6.45) is 2.50. The zero-order valence-corrected chi connectivity index (χ0v) is 7.97. The molecule has 0 bridgehead atoms. The second-order valence-corrected chi connectivity index (χ2v) is 2.51. The van der Waals surface area contributed by atoms with Gasteiger partial charge in [-0.05, 0) is 25.9 Å². The third-order valence-electron chi connectivity index (χ3n) is 0.854. The summed E-state index contributed by atoms with van der Waals surface area (Å²) in [7, 11) is -2.87. The van der Waals surface area contributed by atoms with Crippen LogP contribution in [-0.2, 0) is 4.57 Å². The molecule has 0 amide bonds. The lowest BCUT2D eigenvalue weighted by atomic mass is 10.4. The van der Waals surface area contributed by atoms with E-state index in [-0.39, 0.29) is 0 Å². The standard InChI is InChI=1S/C6H15N.HO3P/c1-3-5-7-6-4-2;1-4(2)3/h7H,3-6H2,1-2H3;(H-,1,2,3)/p+1. The average molecular weight is 182 g/mol. The van der Waals surface area contributed by atoms with Crippen LogP contribution in [0.4, 0.5) is 0 Å². The molecule has 0 aliphatic carbocycles. The van der Waals surface area contributed by atoms with Gasteiger partial charge in [-0.15, -0.1) is 9.79 Å². The third kappa shape index (κ3) is 40.1. The molecule has 4 nitrogen and oxygen atoms in total. The van der Waals surface area contributed by atoms with Crippen molar-refractivity contribution in [1.82, 2.24) is 5.32 Å². The molecule has 0 aliphatic rings. The quantitative estimate of drug-likeness (QED) is 0.448. The summed E-state index contributed by atoms with van der Waals surface area (Å²) in [6, 6.07) is 0. The Morgan fingerprint density at radius 1 is 1.18 bits per heavy atom. The van der Waals surface area contributed by atoms with E-state index >= 15 is 0 Å². The molecule has 0 atom stereocenters. The van der Waals surface area contributed by atoms with Crippen molar-refractivity contribution in [1.29, 1.82) is 0 Å². The Labute approximate surface area is 68.6 Å². The summed E-state index contributed by atoms with van der Waals surface area (Å²) in [5.41, 5.74) is 0. The maximum atomic E-state index is 8.70. The van der Waals surface area contributed by atoms with Gasteiger partial charge in [0.15, 0.2) is 0 Å². The van der Waals surface area contributed by atoms with Crippen molar-refractivity contribution < 1.29 is 14.4 Å². The monoisotopic (exact) mass is 182 g/mol. The van der Waals surface area contributed by atoms with Crippen molar-refractivity contribution in [2.45, 2.75) is 26.7 Å². The molecular weight excluding hydrogens is 165 g/mol. The first-order valence-electron chi connectivity index (χ1n) is 3.70. The van der Waals surface area contributed by atoms with Crippen molar-refractivity contribution in [3.63, 3.8) is 0 Å². The fraction of sp³-hybridized carbons (Fsp3) is 1.00. The second kappa shape index (κ2) is 12.6. The number of rotatable bonds is 4. The van der Waals surface area contributed by atoms with Crippen molar-refractivity contribution in [3.8, 4) is 0 Å². The summed E-state index contributed by atoms with van der Waals surface area (Å²) in [5.74, 6) is 0. The fourth-order valence-corrected chi connectivity index (χ4v) is 0.479. The Balaban J connectivity index is 0. The van der Waals surface area contributed by atoms with E-state index < -0.39 is 8.25 Å². The molecule has 0 radical (unpaired) electrons. The largest absolute Gasteiger partial charge is 0.692 e. The molecule has 5 heteroatoms.